The summed E-state index contributed by atoms with van der Waals surface area (Å²) in [5.74, 6) is -3.45. The van der Waals surface area contributed by atoms with E-state index in [0.717, 1.165) is 11.1 Å². The molecular weight excluding hydrogens is 526 g/mol. The molecule has 0 bridgehead atoms. The first-order chi connectivity index (χ1) is 19.5. The van der Waals surface area contributed by atoms with Crippen LogP contribution in [0.1, 0.15) is 37.8 Å². The maximum absolute atomic E-state index is 13.3. The van der Waals surface area contributed by atoms with Crippen molar-refractivity contribution in [3.05, 3.63) is 71.8 Å². The summed E-state index contributed by atoms with van der Waals surface area (Å²) in [6.45, 7) is 3.70. The van der Waals surface area contributed by atoms with Gasteiger partial charge in [-0.05, 0) is 36.3 Å². The molecule has 0 aromatic heterocycles. The van der Waals surface area contributed by atoms with Gasteiger partial charge >= 0.3 is 5.97 Å². The van der Waals surface area contributed by atoms with Gasteiger partial charge in [0.25, 0.3) is 0 Å². The number of nitrogens with two attached hydrogens (primary N) is 3. The molecule has 0 saturated carbocycles. The van der Waals surface area contributed by atoms with E-state index in [4.69, 9.17) is 17.2 Å². The fraction of sp³-hybridized carbons (Fsp3) is 0.414. The van der Waals surface area contributed by atoms with Gasteiger partial charge in [0.1, 0.15) is 18.1 Å². The SMILES string of the molecule is CC(C)C(NC(=O)C(N)Cc1ccccc1)C(=O)NC(CCCN=C(N)N)C(=O)NC(Cc1ccccc1)C(=O)O. The van der Waals surface area contributed by atoms with Crippen LogP contribution in [-0.2, 0) is 32.0 Å². The molecule has 222 valence electrons. The van der Waals surface area contributed by atoms with Crippen molar-refractivity contribution in [1.29, 1.82) is 0 Å². The second-order valence-electron chi connectivity index (χ2n) is 10.1. The highest BCUT2D eigenvalue weighted by Crippen LogP contribution is 2.09. The molecule has 41 heavy (non-hydrogen) atoms. The first-order valence-corrected chi connectivity index (χ1v) is 13.5. The van der Waals surface area contributed by atoms with Crippen LogP contribution in [0.25, 0.3) is 0 Å². The van der Waals surface area contributed by atoms with E-state index in [-0.39, 0.29) is 37.7 Å². The summed E-state index contributed by atoms with van der Waals surface area (Å²) >= 11 is 0. The molecule has 0 saturated heterocycles. The third-order valence-corrected chi connectivity index (χ3v) is 6.36. The van der Waals surface area contributed by atoms with Gasteiger partial charge in [-0.15, -0.1) is 0 Å². The van der Waals surface area contributed by atoms with Gasteiger partial charge < -0.3 is 38.3 Å². The molecule has 2 rings (SSSR count). The van der Waals surface area contributed by atoms with Crippen molar-refractivity contribution in [3.63, 3.8) is 0 Å². The van der Waals surface area contributed by atoms with E-state index in [9.17, 15) is 24.3 Å². The van der Waals surface area contributed by atoms with E-state index in [1.165, 1.54) is 0 Å². The van der Waals surface area contributed by atoms with Crippen molar-refractivity contribution in [1.82, 2.24) is 16.0 Å². The average Bonchev–Trinajstić information content (AvgIpc) is 2.93. The predicted molar refractivity (Wildman–Crippen MR) is 156 cm³/mol. The highest BCUT2D eigenvalue weighted by atomic mass is 16.4. The monoisotopic (exact) mass is 567 g/mol. The van der Waals surface area contributed by atoms with Gasteiger partial charge in [-0.2, -0.15) is 0 Å². The molecule has 0 radical (unpaired) electrons. The number of aliphatic carboxylic acids is 1. The largest absolute Gasteiger partial charge is 0.480 e. The Labute approximate surface area is 240 Å². The molecule has 0 spiro atoms. The topological polar surface area (TPSA) is 215 Å². The maximum atomic E-state index is 13.3. The number of carboxylic acids is 1. The van der Waals surface area contributed by atoms with Gasteiger partial charge in [0, 0.05) is 13.0 Å². The second-order valence-corrected chi connectivity index (χ2v) is 10.1. The summed E-state index contributed by atoms with van der Waals surface area (Å²) in [7, 11) is 0. The lowest BCUT2D eigenvalue weighted by molar-refractivity contribution is -0.142. The van der Waals surface area contributed by atoms with Gasteiger partial charge in [0.2, 0.25) is 17.7 Å². The number of hydrogen-bond acceptors (Lipinski definition) is 6. The summed E-state index contributed by atoms with van der Waals surface area (Å²) < 4.78 is 0. The number of guanidine groups is 1. The number of carboxylic acid groups (broad SMARTS) is 1. The van der Waals surface area contributed by atoms with Crippen LogP contribution in [0.15, 0.2) is 65.7 Å². The third kappa shape index (κ3) is 11.7. The number of hydrogen-bond donors (Lipinski definition) is 7. The Morgan fingerprint density at radius 2 is 1.32 bits per heavy atom. The molecule has 12 heteroatoms. The standard InChI is InChI=1S/C29H41N7O5/c1-18(2)24(36-25(37)21(30)16-19-10-5-3-6-11-19)27(39)34-22(14-9-15-33-29(31)32)26(38)35-23(28(40)41)17-20-12-7-4-8-13-20/h3-8,10-13,18,21-24H,9,14-17,30H2,1-2H3,(H,34,39)(H,35,38)(H,36,37)(H,40,41)(H4,31,32,33). The lowest BCUT2D eigenvalue weighted by atomic mass is 10.00. The van der Waals surface area contributed by atoms with Crippen LogP contribution in [0.4, 0.5) is 0 Å². The number of benzene rings is 2. The number of aliphatic imine (C=N–C) groups is 1. The molecule has 4 atom stereocenters. The third-order valence-electron chi connectivity index (χ3n) is 6.36. The quantitative estimate of drug-likeness (QED) is 0.0833. The van der Waals surface area contributed by atoms with Crippen LogP contribution in [0.5, 0.6) is 0 Å². The number of carbonyl (C=O) groups excluding carboxylic acids is 3. The van der Waals surface area contributed by atoms with Crippen molar-refractivity contribution in [3.8, 4) is 0 Å². The van der Waals surface area contributed by atoms with Crippen LogP contribution in [0.3, 0.4) is 0 Å². The molecule has 0 aliphatic rings. The smallest absolute Gasteiger partial charge is 0.326 e. The Hall–Kier alpha value is -4.45. The molecule has 0 aliphatic carbocycles. The Bertz CT molecular complexity index is 1170. The van der Waals surface area contributed by atoms with Crippen molar-refractivity contribution in [2.75, 3.05) is 6.54 Å². The fourth-order valence-electron chi connectivity index (χ4n) is 4.11. The van der Waals surface area contributed by atoms with E-state index >= 15 is 0 Å². The molecule has 4 unspecified atom stereocenters. The van der Waals surface area contributed by atoms with Crippen molar-refractivity contribution >= 4 is 29.7 Å². The number of nitrogens with one attached hydrogen (secondary N) is 3. The van der Waals surface area contributed by atoms with Gasteiger partial charge in [-0.1, -0.05) is 74.5 Å². The Kier molecular flexibility index (Phi) is 13.3. The zero-order valence-corrected chi connectivity index (χ0v) is 23.5. The first-order valence-electron chi connectivity index (χ1n) is 13.5. The van der Waals surface area contributed by atoms with E-state index < -0.39 is 47.9 Å². The van der Waals surface area contributed by atoms with Crippen LogP contribution in [0.2, 0.25) is 0 Å². The highest BCUT2D eigenvalue weighted by molar-refractivity contribution is 5.94. The lowest BCUT2D eigenvalue weighted by Crippen LogP contribution is -2.58. The lowest BCUT2D eigenvalue weighted by Gasteiger charge is -2.27. The van der Waals surface area contributed by atoms with Crippen LogP contribution in [-0.4, -0.2) is 65.5 Å². The van der Waals surface area contributed by atoms with Crippen LogP contribution < -0.4 is 33.2 Å². The Morgan fingerprint density at radius 3 is 1.83 bits per heavy atom. The number of amides is 3. The number of nitrogens with zero attached hydrogens (tertiary/aromatic N) is 1. The van der Waals surface area contributed by atoms with Crippen LogP contribution in [0, 0.1) is 5.92 Å². The van der Waals surface area contributed by atoms with E-state index in [1.807, 2.05) is 30.3 Å². The van der Waals surface area contributed by atoms with Crippen molar-refractivity contribution in [2.24, 2.45) is 28.1 Å². The minimum Gasteiger partial charge on any atom is -0.480 e. The minimum absolute atomic E-state index is 0.0561. The summed E-state index contributed by atoms with van der Waals surface area (Å²) in [5, 5.41) is 17.6. The summed E-state index contributed by atoms with van der Waals surface area (Å²) in [4.78, 5) is 55.3. The molecule has 12 nitrogen and oxygen atoms in total. The molecule has 0 heterocycles. The highest BCUT2D eigenvalue weighted by Gasteiger charge is 2.31. The molecule has 2 aromatic carbocycles. The molecule has 0 fully saturated rings. The number of carbonyl (C=O) groups is 4. The molecule has 2 aromatic rings. The first kappa shape index (κ1) is 32.8. The van der Waals surface area contributed by atoms with Crippen molar-refractivity contribution < 1.29 is 24.3 Å². The Morgan fingerprint density at radius 1 is 0.780 bits per heavy atom. The summed E-state index contributed by atoms with van der Waals surface area (Å²) in [6, 6.07) is 13.9. The van der Waals surface area contributed by atoms with E-state index in [1.54, 1.807) is 44.2 Å². The maximum Gasteiger partial charge on any atom is 0.326 e. The normalized spacial score (nSPS) is 13.8. The molecule has 0 aliphatic heterocycles. The fourth-order valence-corrected chi connectivity index (χ4v) is 4.11. The molecule has 10 N–H and O–H groups in total. The summed E-state index contributed by atoms with van der Waals surface area (Å²) in [5.41, 5.74) is 18.5. The zero-order chi connectivity index (χ0) is 30.4. The van der Waals surface area contributed by atoms with Crippen LogP contribution >= 0.6 is 0 Å². The average molecular weight is 568 g/mol. The predicted octanol–water partition coefficient (Wildman–Crippen LogP) is 0.0477. The Balaban J connectivity index is 2.14. The van der Waals surface area contributed by atoms with Gasteiger partial charge in [0.05, 0.1) is 6.04 Å². The summed E-state index contributed by atoms with van der Waals surface area (Å²) in [6.07, 6.45) is 0.791. The van der Waals surface area contributed by atoms with Gasteiger partial charge in [-0.3, -0.25) is 19.4 Å². The van der Waals surface area contributed by atoms with E-state index in [0.29, 0.717) is 6.42 Å². The zero-order valence-electron chi connectivity index (χ0n) is 23.5. The molecule has 3 amide bonds. The molecular formula is C29H41N7O5. The minimum atomic E-state index is -1.22. The van der Waals surface area contributed by atoms with Gasteiger partial charge in [0.15, 0.2) is 5.96 Å². The second kappa shape index (κ2) is 16.6. The van der Waals surface area contributed by atoms with Crippen molar-refractivity contribution in [2.45, 2.75) is 63.7 Å². The van der Waals surface area contributed by atoms with Gasteiger partial charge in [-0.25, -0.2) is 4.79 Å². The number of rotatable bonds is 16. The van der Waals surface area contributed by atoms with E-state index in [2.05, 4.69) is 20.9 Å².